The van der Waals surface area contributed by atoms with E-state index < -0.39 is 15.9 Å². The van der Waals surface area contributed by atoms with Crippen LogP contribution in [0.3, 0.4) is 0 Å². The van der Waals surface area contributed by atoms with Crippen LogP contribution in [0.25, 0.3) is 0 Å². The number of benzene rings is 1. The van der Waals surface area contributed by atoms with Crippen molar-refractivity contribution in [3.63, 3.8) is 0 Å². The van der Waals surface area contributed by atoms with Crippen LogP contribution in [0.1, 0.15) is 6.92 Å². The van der Waals surface area contributed by atoms with Crippen molar-refractivity contribution >= 4 is 33.2 Å². The predicted molar refractivity (Wildman–Crippen MR) is 74.1 cm³/mol. The summed E-state index contributed by atoms with van der Waals surface area (Å²) in [4.78, 5) is 11.6. The first-order chi connectivity index (χ1) is 8.88. The minimum Gasteiger partial charge on any atom is -0.495 e. The molecule has 0 aromatic heterocycles. The van der Waals surface area contributed by atoms with Crippen molar-refractivity contribution in [2.75, 3.05) is 24.7 Å². The topological polar surface area (TPSA) is 84.5 Å². The molecule has 106 valence electrons. The molecule has 1 rings (SSSR count). The maximum absolute atomic E-state index is 11.6. The first-order valence-corrected chi connectivity index (χ1v) is 7.51. The number of methoxy groups -OCH3 is 1. The van der Waals surface area contributed by atoms with Gasteiger partial charge in [-0.15, -0.1) is 0 Å². The van der Waals surface area contributed by atoms with Crippen molar-refractivity contribution in [2.24, 2.45) is 0 Å². The summed E-state index contributed by atoms with van der Waals surface area (Å²) in [5.41, 5.74) is 0.385. The van der Waals surface area contributed by atoms with Gasteiger partial charge in [-0.3, -0.25) is 4.79 Å². The van der Waals surface area contributed by atoms with Gasteiger partial charge in [-0.05, 0) is 25.1 Å². The molecule has 1 aromatic rings. The quantitative estimate of drug-likeness (QED) is 0.828. The molecule has 0 heterocycles. The monoisotopic (exact) mass is 306 g/mol. The van der Waals surface area contributed by atoms with E-state index in [1.54, 1.807) is 12.1 Å². The number of hydrogen-bond acceptors (Lipinski definition) is 4. The highest BCUT2D eigenvalue weighted by molar-refractivity contribution is 7.89. The Bertz CT molecular complexity index is 560. The fraction of sp³-hybridized carbons (Fsp3) is 0.364. The van der Waals surface area contributed by atoms with Gasteiger partial charge in [-0.1, -0.05) is 11.6 Å². The molecule has 0 saturated carbocycles. The van der Waals surface area contributed by atoms with E-state index >= 15 is 0 Å². The third-order valence-electron chi connectivity index (χ3n) is 2.27. The molecule has 0 aliphatic carbocycles. The summed E-state index contributed by atoms with van der Waals surface area (Å²) in [6.07, 6.45) is 0. The normalized spacial score (nSPS) is 11.1. The minimum atomic E-state index is -3.40. The molecule has 0 spiro atoms. The highest BCUT2D eigenvalue weighted by Gasteiger charge is 2.12. The van der Waals surface area contributed by atoms with Crippen LogP contribution in [0.15, 0.2) is 18.2 Å². The Morgan fingerprint density at radius 2 is 2.11 bits per heavy atom. The molecule has 0 fully saturated rings. The van der Waals surface area contributed by atoms with Crippen molar-refractivity contribution in [3.8, 4) is 5.75 Å². The number of rotatable bonds is 6. The van der Waals surface area contributed by atoms with E-state index in [2.05, 4.69) is 10.0 Å². The van der Waals surface area contributed by atoms with Gasteiger partial charge in [0.1, 0.15) is 5.75 Å². The number of ether oxygens (including phenoxy) is 1. The Morgan fingerprint density at radius 3 is 2.68 bits per heavy atom. The Hall–Kier alpha value is -1.31. The molecule has 1 aromatic carbocycles. The van der Waals surface area contributed by atoms with Gasteiger partial charge < -0.3 is 10.1 Å². The van der Waals surface area contributed by atoms with Crippen molar-refractivity contribution < 1.29 is 17.9 Å². The maximum atomic E-state index is 11.6. The fourth-order valence-electron chi connectivity index (χ4n) is 1.25. The molecule has 2 N–H and O–H groups in total. The average Bonchev–Trinajstić information content (AvgIpc) is 2.37. The zero-order valence-electron chi connectivity index (χ0n) is 10.6. The fourth-order valence-corrected chi connectivity index (χ4v) is 1.98. The first-order valence-electron chi connectivity index (χ1n) is 5.48. The molecular weight excluding hydrogens is 292 g/mol. The Balaban J connectivity index is 2.69. The number of carbonyl (C=O) groups excluding carboxylic acids is 1. The van der Waals surface area contributed by atoms with E-state index in [0.29, 0.717) is 16.5 Å². The second-order valence-corrected chi connectivity index (χ2v) is 6.15. The lowest BCUT2D eigenvalue weighted by Gasteiger charge is -2.10. The molecule has 8 heteroatoms. The third kappa shape index (κ3) is 5.06. The molecule has 19 heavy (non-hydrogen) atoms. The highest BCUT2D eigenvalue weighted by Crippen LogP contribution is 2.27. The van der Waals surface area contributed by atoms with Gasteiger partial charge in [0, 0.05) is 5.02 Å². The minimum absolute atomic E-state index is 0.0826. The van der Waals surface area contributed by atoms with Gasteiger partial charge in [0.15, 0.2) is 0 Å². The Morgan fingerprint density at radius 1 is 1.42 bits per heavy atom. The lowest BCUT2D eigenvalue weighted by Crippen LogP contribution is -2.33. The second kappa shape index (κ2) is 6.74. The SMILES string of the molecule is CCS(=O)(=O)NCC(=O)Nc1cc(Cl)ccc1OC. The molecule has 6 nitrogen and oxygen atoms in total. The van der Waals surface area contributed by atoms with Crippen LogP contribution in [0.5, 0.6) is 5.75 Å². The summed E-state index contributed by atoms with van der Waals surface area (Å²) in [5, 5.41) is 2.96. The molecule has 1 amide bonds. The Kier molecular flexibility index (Phi) is 5.59. The molecule has 0 aliphatic heterocycles. The lowest BCUT2D eigenvalue weighted by atomic mass is 10.3. The summed E-state index contributed by atoms with van der Waals surface area (Å²) in [5.74, 6) is -0.144. The third-order valence-corrected chi connectivity index (χ3v) is 3.85. The number of halogens is 1. The molecule has 0 bridgehead atoms. The zero-order chi connectivity index (χ0) is 14.5. The maximum Gasteiger partial charge on any atom is 0.239 e. The van der Waals surface area contributed by atoms with Crippen LogP contribution in [-0.4, -0.2) is 33.7 Å². The van der Waals surface area contributed by atoms with Crippen LogP contribution in [-0.2, 0) is 14.8 Å². The van der Waals surface area contributed by atoms with Gasteiger partial charge in [0.25, 0.3) is 0 Å². The van der Waals surface area contributed by atoms with Crippen LogP contribution in [0.2, 0.25) is 5.02 Å². The van der Waals surface area contributed by atoms with E-state index in [0.717, 1.165) is 0 Å². The van der Waals surface area contributed by atoms with Crippen LogP contribution in [0.4, 0.5) is 5.69 Å². The Labute approximate surface area is 117 Å². The molecule has 0 atom stereocenters. The highest BCUT2D eigenvalue weighted by atomic mass is 35.5. The van der Waals surface area contributed by atoms with E-state index in [1.165, 1.54) is 20.1 Å². The smallest absolute Gasteiger partial charge is 0.239 e. The van der Waals surface area contributed by atoms with Gasteiger partial charge in [0.05, 0.1) is 25.1 Å². The molecule has 0 unspecified atom stereocenters. The number of carbonyl (C=O) groups is 1. The zero-order valence-corrected chi connectivity index (χ0v) is 12.1. The largest absolute Gasteiger partial charge is 0.495 e. The van der Waals surface area contributed by atoms with E-state index in [9.17, 15) is 13.2 Å². The van der Waals surface area contributed by atoms with Crippen molar-refractivity contribution in [1.82, 2.24) is 4.72 Å². The summed E-state index contributed by atoms with van der Waals surface area (Å²) >= 11 is 5.81. The van der Waals surface area contributed by atoms with Gasteiger partial charge >= 0.3 is 0 Å². The lowest BCUT2D eigenvalue weighted by molar-refractivity contribution is -0.115. The summed E-state index contributed by atoms with van der Waals surface area (Å²) < 4.78 is 29.6. The number of sulfonamides is 1. The number of amides is 1. The van der Waals surface area contributed by atoms with Crippen LogP contribution < -0.4 is 14.8 Å². The number of nitrogens with one attached hydrogen (secondary N) is 2. The number of hydrogen-bond donors (Lipinski definition) is 2. The standard InChI is InChI=1S/C11H15ClN2O4S/c1-3-19(16,17)13-7-11(15)14-9-6-8(12)4-5-10(9)18-2/h4-6,13H,3,7H2,1-2H3,(H,14,15). The molecule has 0 aliphatic rings. The number of anilines is 1. The second-order valence-electron chi connectivity index (χ2n) is 3.62. The van der Waals surface area contributed by atoms with E-state index in [-0.39, 0.29) is 12.3 Å². The molecule has 0 radical (unpaired) electrons. The van der Waals surface area contributed by atoms with Crippen LogP contribution >= 0.6 is 11.6 Å². The molecule has 0 saturated heterocycles. The van der Waals surface area contributed by atoms with Crippen molar-refractivity contribution in [2.45, 2.75) is 6.92 Å². The van der Waals surface area contributed by atoms with Gasteiger partial charge in [0.2, 0.25) is 15.9 Å². The van der Waals surface area contributed by atoms with E-state index in [1.807, 2.05) is 0 Å². The van der Waals surface area contributed by atoms with Gasteiger partial charge in [-0.2, -0.15) is 0 Å². The summed E-state index contributed by atoms with van der Waals surface area (Å²) in [6.45, 7) is 1.14. The molecular formula is C11H15ClN2O4S. The van der Waals surface area contributed by atoms with Gasteiger partial charge in [-0.25, -0.2) is 13.1 Å². The average molecular weight is 307 g/mol. The van der Waals surface area contributed by atoms with Crippen molar-refractivity contribution in [3.05, 3.63) is 23.2 Å². The predicted octanol–water partition coefficient (Wildman–Crippen LogP) is 1.23. The summed E-state index contributed by atoms with van der Waals surface area (Å²) in [6, 6.07) is 4.75. The van der Waals surface area contributed by atoms with E-state index in [4.69, 9.17) is 16.3 Å². The summed E-state index contributed by atoms with van der Waals surface area (Å²) in [7, 11) is -1.94. The first kappa shape index (κ1) is 15.7. The van der Waals surface area contributed by atoms with Crippen molar-refractivity contribution in [1.29, 1.82) is 0 Å². The van der Waals surface area contributed by atoms with Crippen LogP contribution in [0, 0.1) is 0 Å².